The molecule has 0 bridgehead atoms. The Labute approximate surface area is 93.2 Å². The third kappa shape index (κ3) is 1.86. The standard InChI is InChI=1S/C10H13ClN2O2/c1-7-9(6-12-15-7)10(14)13-4-2-3-8(13)5-11/h6,8H,2-5H2,1H3. The molecule has 5 heteroatoms. The van der Waals surface area contributed by atoms with Crippen LogP contribution in [-0.2, 0) is 0 Å². The maximum Gasteiger partial charge on any atom is 0.259 e. The number of carbonyl (C=O) groups is 1. The summed E-state index contributed by atoms with van der Waals surface area (Å²) in [6.45, 7) is 2.52. The van der Waals surface area contributed by atoms with Crippen LogP contribution in [0.5, 0.6) is 0 Å². The Kier molecular flexibility index (Phi) is 2.95. The summed E-state index contributed by atoms with van der Waals surface area (Å²) in [5.41, 5.74) is 0.548. The van der Waals surface area contributed by atoms with Crippen molar-refractivity contribution in [2.24, 2.45) is 0 Å². The van der Waals surface area contributed by atoms with Gasteiger partial charge in [-0.1, -0.05) is 5.16 Å². The molecule has 0 radical (unpaired) electrons. The summed E-state index contributed by atoms with van der Waals surface area (Å²) in [7, 11) is 0. The lowest BCUT2D eigenvalue weighted by Gasteiger charge is -2.22. The van der Waals surface area contributed by atoms with Crippen LogP contribution in [0.25, 0.3) is 0 Å². The monoisotopic (exact) mass is 228 g/mol. The van der Waals surface area contributed by atoms with Gasteiger partial charge >= 0.3 is 0 Å². The lowest BCUT2D eigenvalue weighted by Crippen LogP contribution is -2.36. The Hall–Kier alpha value is -1.03. The van der Waals surface area contributed by atoms with Gasteiger partial charge in [-0.05, 0) is 19.8 Å². The van der Waals surface area contributed by atoms with E-state index in [1.165, 1.54) is 6.20 Å². The lowest BCUT2D eigenvalue weighted by atomic mass is 10.2. The Morgan fingerprint density at radius 2 is 2.60 bits per heavy atom. The number of aromatic nitrogens is 1. The third-order valence-corrected chi connectivity index (χ3v) is 3.15. The topological polar surface area (TPSA) is 46.3 Å². The van der Waals surface area contributed by atoms with Crippen LogP contribution < -0.4 is 0 Å². The van der Waals surface area contributed by atoms with Gasteiger partial charge in [-0.3, -0.25) is 4.79 Å². The van der Waals surface area contributed by atoms with Crippen LogP contribution in [0.1, 0.15) is 29.0 Å². The van der Waals surface area contributed by atoms with E-state index in [9.17, 15) is 4.79 Å². The molecule has 4 nitrogen and oxygen atoms in total. The highest BCUT2D eigenvalue weighted by atomic mass is 35.5. The van der Waals surface area contributed by atoms with Crippen molar-refractivity contribution in [2.75, 3.05) is 12.4 Å². The summed E-state index contributed by atoms with van der Waals surface area (Å²) in [5.74, 6) is 1.05. The summed E-state index contributed by atoms with van der Waals surface area (Å²) in [6.07, 6.45) is 3.48. The van der Waals surface area contributed by atoms with Gasteiger partial charge in [0.25, 0.3) is 5.91 Å². The van der Waals surface area contributed by atoms with Crippen molar-refractivity contribution in [3.05, 3.63) is 17.5 Å². The van der Waals surface area contributed by atoms with E-state index in [0.717, 1.165) is 19.4 Å². The average molecular weight is 229 g/mol. The van der Waals surface area contributed by atoms with Crippen LogP contribution in [-0.4, -0.2) is 34.4 Å². The van der Waals surface area contributed by atoms with Crippen molar-refractivity contribution < 1.29 is 9.32 Å². The van der Waals surface area contributed by atoms with Crippen LogP contribution in [0.4, 0.5) is 0 Å². The van der Waals surface area contributed by atoms with Crippen LogP contribution in [0, 0.1) is 6.92 Å². The molecule has 1 aromatic rings. The predicted octanol–water partition coefficient (Wildman–Crippen LogP) is 1.83. The van der Waals surface area contributed by atoms with E-state index in [0.29, 0.717) is 17.2 Å². The number of likely N-dealkylation sites (tertiary alicyclic amines) is 1. The molecule has 0 spiro atoms. The molecule has 2 rings (SSSR count). The van der Waals surface area contributed by atoms with Gasteiger partial charge in [0.15, 0.2) is 0 Å². The molecule has 1 aliphatic rings. The summed E-state index contributed by atoms with van der Waals surface area (Å²) >= 11 is 5.81. The molecule has 82 valence electrons. The molecule has 1 fully saturated rings. The van der Waals surface area contributed by atoms with Gasteiger partial charge in [-0.2, -0.15) is 0 Å². The fourth-order valence-corrected chi connectivity index (χ4v) is 2.24. The van der Waals surface area contributed by atoms with E-state index in [1.807, 2.05) is 4.90 Å². The zero-order valence-electron chi connectivity index (χ0n) is 8.57. The van der Waals surface area contributed by atoms with Gasteiger partial charge in [0.2, 0.25) is 0 Å². The highest BCUT2D eigenvalue weighted by molar-refractivity contribution is 6.18. The summed E-state index contributed by atoms with van der Waals surface area (Å²) < 4.78 is 4.88. The summed E-state index contributed by atoms with van der Waals surface area (Å²) in [4.78, 5) is 13.9. The zero-order chi connectivity index (χ0) is 10.8. The number of nitrogens with zero attached hydrogens (tertiary/aromatic N) is 2. The van der Waals surface area contributed by atoms with E-state index < -0.39 is 0 Å². The molecule has 1 aromatic heterocycles. The predicted molar refractivity (Wildman–Crippen MR) is 56.0 cm³/mol. The number of aryl methyl sites for hydroxylation is 1. The Morgan fingerprint density at radius 3 is 3.20 bits per heavy atom. The Bertz CT molecular complexity index is 364. The lowest BCUT2D eigenvalue weighted by molar-refractivity contribution is 0.0747. The highest BCUT2D eigenvalue weighted by Crippen LogP contribution is 2.22. The number of amides is 1. The summed E-state index contributed by atoms with van der Waals surface area (Å²) in [6, 6.07) is 0.161. The first-order chi connectivity index (χ1) is 7.24. The van der Waals surface area contributed by atoms with Crippen molar-refractivity contribution in [2.45, 2.75) is 25.8 Å². The van der Waals surface area contributed by atoms with Gasteiger partial charge in [0.05, 0.1) is 6.20 Å². The number of alkyl halides is 1. The van der Waals surface area contributed by atoms with E-state index in [4.69, 9.17) is 16.1 Å². The van der Waals surface area contributed by atoms with Crippen LogP contribution in [0.15, 0.2) is 10.7 Å². The van der Waals surface area contributed by atoms with Crippen molar-refractivity contribution in [3.63, 3.8) is 0 Å². The molecule has 0 N–H and O–H groups in total. The molecule has 1 amide bonds. The fraction of sp³-hybridized carbons (Fsp3) is 0.600. The van der Waals surface area contributed by atoms with Crippen LogP contribution in [0.2, 0.25) is 0 Å². The Balaban J connectivity index is 2.18. The molecular weight excluding hydrogens is 216 g/mol. The number of rotatable bonds is 2. The van der Waals surface area contributed by atoms with E-state index in [-0.39, 0.29) is 11.9 Å². The van der Waals surface area contributed by atoms with Crippen molar-refractivity contribution >= 4 is 17.5 Å². The fourth-order valence-electron chi connectivity index (χ4n) is 1.92. The quantitative estimate of drug-likeness (QED) is 0.726. The number of hydrogen-bond donors (Lipinski definition) is 0. The highest BCUT2D eigenvalue weighted by Gasteiger charge is 2.30. The smallest absolute Gasteiger partial charge is 0.259 e. The molecular formula is C10H13ClN2O2. The Morgan fingerprint density at radius 1 is 1.80 bits per heavy atom. The van der Waals surface area contributed by atoms with E-state index in [1.54, 1.807) is 6.92 Å². The number of hydrogen-bond acceptors (Lipinski definition) is 3. The molecule has 2 heterocycles. The largest absolute Gasteiger partial charge is 0.361 e. The van der Waals surface area contributed by atoms with Crippen molar-refractivity contribution in [3.8, 4) is 0 Å². The first kappa shape index (κ1) is 10.5. The molecule has 0 saturated carbocycles. The normalized spacial score (nSPS) is 20.9. The molecule has 1 aliphatic heterocycles. The maximum atomic E-state index is 12.1. The zero-order valence-corrected chi connectivity index (χ0v) is 9.33. The number of carbonyl (C=O) groups excluding carboxylic acids is 1. The van der Waals surface area contributed by atoms with E-state index in [2.05, 4.69) is 5.16 Å². The molecule has 0 aliphatic carbocycles. The maximum absolute atomic E-state index is 12.1. The summed E-state index contributed by atoms with van der Waals surface area (Å²) in [5, 5.41) is 3.61. The minimum Gasteiger partial charge on any atom is -0.361 e. The second kappa shape index (κ2) is 4.23. The van der Waals surface area contributed by atoms with Crippen LogP contribution >= 0.6 is 11.6 Å². The molecule has 1 saturated heterocycles. The van der Waals surface area contributed by atoms with Gasteiger partial charge in [-0.25, -0.2) is 0 Å². The van der Waals surface area contributed by atoms with Gasteiger partial charge < -0.3 is 9.42 Å². The second-order valence-electron chi connectivity index (χ2n) is 3.74. The van der Waals surface area contributed by atoms with Crippen molar-refractivity contribution in [1.29, 1.82) is 0 Å². The van der Waals surface area contributed by atoms with Crippen molar-refractivity contribution in [1.82, 2.24) is 10.1 Å². The van der Waals surface area contributed by atoms with Gasteiger partial charge in [-0.15, -0.1) is 11.6 Å². The van der Waals surface area contributed by atoms with E-state index >= 15 is 0 Å². The number of halogens is 1. The molecule has 0 aromatic carbocycles. The van der Waals surface area contributed by atoms with Gasteiger partial charge in [0, 0.05) is 18.5 Å². The first-order valence-corrected chi connectivity index (χ1v) is 5.55. The second-order valence-corrected chi connectivity index (χ2v) is 4.05. The molecule has 15 heavy (non-hydrogen) atoms. The minimum atomic E-state index is -0.0168. The van der Waals surface area contributed by atoms with Gasteiger partial charge in [0.1, 0.15) is 11.3 Å². The van der Waals surface area contributed by atoms with Crippen LogP contribution in [0.3, 0.4) is 0 Å². The SMILES string of the molecule is Cc1oncc1C(=O)N1CCCC1CCl. The minimum absolute atomic E-state index is 0.0168. The first-order valence-electron chi connectivity index (χ1n) is 5.02. The molecule has 1 atom stereocenters. The average Bonchev–Trinajstić information content (AvgIpc) is 2.84. The third-order valence-electron chi connectivity index (χ3n) is 2.80. The molecule has 1 unspecified atom stereocenters.